The molecule has 1 aromatic heterocycles. The van der Waals surface area contributed by atoms with Crippen LogP contribution in [0.3, 0.4) is 0 Å². The van der Waals surface area contributed by atoms with Gasteiger partial charge in [0.1, 0.15) is 6.10 Å². The first kappa shape index (κ1) is 26.6. The van der Waals surface area contributed by atoms with Crippen LogP contribution in [0, 0.1) is 24.0 Å². The number of rotatable bonds is 3. The Morgan fingerprint density at radius 3 is 2.58 bits per heavy atom. The van der Waals surface area contributed by atoms with Crippen LogP contribution < -0.4 is 9.46 Å². The minimum Gasteiger partial charge on any atom is -0.473 e. The molecular formula is C30H39N5O2S. The fraction of sp³-hybridized carbons (Fsp3) is 0.467. The molecule has 8 heteroatoms. The van der Waals surface area contributed by atoms with E-state index in [9.17, 15) is 4.21 Å². The third-order valence-corrected chi connectivity index (χ3v) is 8.99. The number of fused-ring (bicyclic) bond motifs is 7. The van der Waals surface area contributed by atoms with E-state index in [1.54, 1.807) is 6.07 Å². The Labute approximate surface area is 227 Å². The predicted molar refractivity (Wildman–Crippen MR) is 153 cm³/mol. The van der Waals surface area contributed by atoms with Gasteiger partial charge in [0.15, 0.2) is 9.92 Å². The molecule has 2 aliphatic rings. The van der Waals surface area contributed by atoms with E-state index in [1.165, 1.54) is 0 Å². The summed E-state index contributed by atoms with van der Waals surface area (Å²) in [6.45, 7) is 13.8. The molecule has 0 saturated carbocycles. The first-order valence-electron chi connectivity index (χ1n) is 13.5. The highest BCUT2D eigenvalue weighted by Gasteiger charge is 2.29. The molecule has 6 bridgehead atoms. The second kappa shape index (κ2) is 10.3. The van der Waals surface area contributed by atoms with Crippen LogP contribution in [0.25, 0.3) is 11.3 Å². The van der Waals surface area contributed by atoms with E-state index in [4.69, 9.17) is 14.5 Å². The Bertz CT molecular complexity index is 1410. The zero-order valence-corrected chi connectivity index (χ0v) is 23.9. The summed E-state index contributed by atoms with van der Waals surface area (Å²) in [6, 6.07) is 15.7. The van der Waals surface area contributed by atoms with Crippen molar-refractivity contribution in [3.8, 4) is 17.1 Å². The topological polar surface area (TPSA) is 91.2 Å². The molecule has 2 N–H and O–H groups in total. The summed E-state index contributed by atoms with van der Waals surface area (Å²) >= 11 is 0. The maximum atomic E-state index is 13.6. The van der Waals surface area contributed by atoms with Crippen molar-refractivity contribution >= 4 is 15.9 Å². The molecule has 0 radical (unpaired) electrons. The number of nitrogens with zero attached hydrogens (tertiary/aromatic N) is 3. The van der Waals surface area contributed by atoms with E-state index in [0.29, 0.717) is 16.5 Å². The van der Waals surface area contributed by atoms with Gasteiger partial charge in [-0.25, -0.2) is 14.0 Å². The number of ether oxygens (including phenoxy) is 1. The zero-order valence-electron chi connectivity index (χ0n) is 23.1. The van der Waals surface area contributed by atoms with Crippen molar-refractivity contribution in [2.45, 2.75) is 70.8 Å². The van der Waals surface area contributed by atoms with Crippen molar-refractivity contribution in [1.29, 1.82) is 4.78 Å². The molecule has 3 aromatic rings. The lowest BCUT2D eigenvalue weighted by Gasteiger charge is -2.28. The lowest BCUT2D eigenvalue weighted by Crippen LogP contribution is -2.36. The highest BCUT2D eigenvalue weighted by Crippen LogP contribution is 2.35. The Morgan fingerprint density at radius 1 is 1.11 bits per heavy atom. The van der Waals surface area contributed by atoms with Crippen LogP contribution in [0.15, 0.2) is 53.4 Å². The first-order valence-corrected chi connectivity index (χ1v) is 15.0. The van der Waals surface area contributed by atoms with E-state index in [-0.39, 0.29) is 23.4 Å². The number of nitrogens with one attached hydrogen (secondary N) is 2. The number of hydrogen-bond donors (Lipinski definition) is 2. The van der Waals surface area contributed by atoms with E-state index in [1.807, 2.05) is 24.3 Å². The second-order valence-electron chi connectivity index (χ2n) is 12.0. The molecule has 5 rings (SSSR count). The Morgan fingerprint density at radius 2 is 1.84 bits per heavy atom. The van der Waals surface area contributed by atoms with Gasteiger partial charge in [-0.15, -0.1) is 0 Å². The van der Waals surface area contributed by atoms with Gasteiger partial charge in [-0.3, -0.25) is 9.62 Å². The first-order chi connectivity index (χ1) is 18.0. The predicted octanol–water partition coefficient (Wildman–Crippen LogP) is 6.57. The summed E-state index contributed by atoms with van der Waals surface area (Å²) in [6.07, 6.45) is 2.88. The van der Waals surface area contributed by atoms with Crippen LogP contribution in [0.5, 0.6) is 5.88 Å². The second-order valence-corrected chi connectivity index (χ2v) is 13.8. The molecule has 3 atom stereocenters. The van der Waals surface area contributed by atoms with E-state index in [0.717, 1.165) is 61.2 Å². The van der Waals surface area contributed by atoms with Gasteiger partial charge in [-0.05, 0) is 86.4 Å². The van der Waals surface area contributed by atoms with Crippen molar-refractivity contribution in [2.24, 2.45) is 5.41 Å². The number of aryl methyl sites for hydroxylation is 2. The highest BCUT2D eigenvalue weighted by molar-refractivity contribution is 7.93. The Kier molecular flexibility index (Phi) is 7.22. The maximum absolute atomic E-state index is 13.6. The van der Waals surface area contributed by atoms with Gasteiger partial charge in [-0.2, -0.15) is 4.98 Å². The Balaban J connectivity index is 1.60. The Hall–Kier alpha value is -2.97. The van der Waals surface area contributed by atoms with Crippen molar-refractivity contribution in [3.63, 3.8) is 0 Å². The highest BCUT2D eigenvalue weighted by atomic mass is 32.2. The van der Waals surface area contributed by atoms with Crippen molar-refractivity contribution < 1.29 is 8.95 Å². The van der Waals surface area contributed by atoms with Crippen LogP contribution in [-0.4, -0.2) is 44.8 Å². The summed E-state index contributed by atoms with van der Waals surface area (Å²) in [4.78, 5) is 12.3. The van der Waals surface area contributed by atoms with Crippen LogP contribution in [0.2, 0.25) is 0 Å². The number of benzene rings is 2. The molecule has 2 aliphatic heterocycles. The zero-order chi connectivity index (χ0) is 27.1. The fourth-order valence-corrected chi connectivity index (χ4v) is 6.53. The molecule has 0 aliphatic carbocycles. The molecular weight excluding hydrogens is 494 g/mol. The lowest BCUT2D eigenvalue weighted by molar-refractivity contribution is 0.127. The van der Waals surface area contributed by atoms with Crippen molar-refractivity contribution in [3.05, 3.63) is 65.2 Å². The summed E-state index contributed by atoms with van der Waals surface area (Å²) in [7, 11) is -3.38. The van der Waals surface area contributed by atoms with Gasteiger partial charge in [0.25, 0.3) is 0 Å². The molecule has 3 heterocycles. The van der Waals surface area contributed by atoms with Crippen LogP contribution in [-0.2, 0) is 9.92 Å². The standard InChI is InChI=1S/C30H39N5O2S/c1-20-8-6-9-21(2)28(20)26-18-27-33-29(32-26)34-38(31,36)25-11-7-10-22(17-25)23-12-14-35(15-13-30(3,4)5)19-24(16-23)37-27/h6-11,17-18,23-24H,12-16,19H2,1-5H3,(H2,31,32,33,34,36)/t23?,24-,38?/m0/s1. The van der Waals surface area contributed by atoms with Gasteiger partial charge in [0, 0.05) is 18.2 Å². The van der Waals surface area contributed by atoms with Crippen LogP contribution in [0.4, 0.5) is 5.95 Å². The summed E-state index contributed by atoms with van der Waals surface area (Å²) in [5.41, 5.74) is 5.24. The normalized spacial score (nSPS) is 23.8. The van der Waals surface area contributed by atoms with E-state index < -0.39 is 9.92 Å². The number of anilines is 1. The molecule has 2 aromatic carbocycles. The number of hydrogen-bond acceptors (Lipinski definition) is 6. The van der Waals surface area contributed by atoms with Gasteiger partial charge in [-0.1, -0.05) is 51.1 Å². The SMILES string of the molecule is Cc1cccc(C)c1-c1cc2nc(n1)NS(=N)(=O)c1cccc(c1)C1CCN(CCC(C)(C)C)C[C@H](C1)O2. The molecule has 202 valence electrons. The molecule has 1 fully saturated rings. The van der Waals surface area contributed by atoms with Gasteiger partial charge >= 0.3 is 0 Å². The van der Waals surface area contributed by atoms with Crippen molar-refractivity contribution in [1.82, 2.24) is 14.9 Å². The maximum Gasteiger partial charge on any atom is 0.239 e. The monoisotopic (exact) mass is 533 g/mol. The third-order valence-electron chi connectivity index (χ3n) is 7.60. The largest absolute Gasteiger partial charge is 0.473 e. The molecule has 2 unspecified atom stereocenters. The molecule has 0 spiro atoms. The number of aromatic nitrogens is 2. The summed E-state index contributed by atoms with van der Waals surface area (Å²) in [5, 5.41) is 0. The lowest BCUT2D eigenvalue weighted by atomic mass is 9.91. The van der Waals surface area contributed by atoms with Crippen molar-refractivity contribution in [2.75, 3.05) is 24.4 Å². The van der Waals surface area contributed by atoms with Gasteiger partial charge in [0.2, 0.25) is 11.8 Å². The average Bonchev–Trinajstić information content (AvgIpc) is 3.04. The quantitative estimate of drug-likeness (QED) is 0.397. The summed E-state index contributed by atoms with van der Waals surface area (Å²) < 4.78 is 31.8. The minimum absolute atomic E-state index is 0.0560. The molecule has 0 amide bonds. The fourth-order valence-electron chi connectivity index (χ4n) is 5.50. The van der Waals surface area contributed by atoms with E-state index >= 15 is 0 Å². The number of likely N-dealkylation sites (tertiary alicyclic amines) is 1. The average molecular weight is 534 g/mol. The van der Waals surface area contributed by atoms with Crippen LogP contribution in [0.1, 0.15) is 62.6 Å². The minimum atomic E-state index is -3.38. The summed E-state index contributed by atoms with van der Waals surface area (Å²) in [5.74, 6) is 0.829. The molecule has 38 heavy (non-hydrogen) atoms. The van der Waals surface area contributed by atoms with E-state index in [2.05, 4.69) is 67.4 Å². The van der Waals surface area contributed by atoms with Gasteiger partial charge < -0.3 is 4.74 Å². The van der Waals surface area contributed by atoms with Gasteiger partial charge in [0.05, 0.1) is 10.6 Å². The molecule has 1 saturated heterocycles. The third kappa shape index (κ3) is 6.02. The smallest absolute Gasteiger partial charge is 0.239 e. The van der Waals surface area contributed by atoms with Crippen LogP contribution >= 0.6 is 0 Å². The molecule has 7 nitrogen and oxygen atoms in total.